The van der Waals surface area contributed by atoms with Crippen molar-refractivity contribution in [3.05, 3.63) is 101 Å². The van der Waals surface area contributed by atoms with Crippen LogP contribution in [0.1, 0.15) is 43.7 Å². The number of aliphatic carboxylic acids is 1. The van der Waals surface area contributed by atoms with Gasteiger partial charge in [0.25, 0.3) is 5.91 Å². The molecule has 6 nitrogen and oxygen atoms in total. The Bertz CT molecular complexity index is 1480. The quantitative estimate of drug-likeness (QED) is 0.396. The Balaban J connectivity index is 1.68. The first kappa shape index (κ1) is 27.5. The smallest absolute Gasteiger partial charge is 0.306 e. The highest BCUT2D eigenvalue weighted by molar-refractivity contribution is 5.97. The summed E-state index contributed by atoms with van der Waals surface area (Å²) >= 11 is 0. The molecule has 1 saturated carbocycles. The zero-order valence-electron chi connectivity index (χ0n) is 21.8. The first-order chi connectivity index (χ1) is 18.6. The van der Waals surface area contributed by atoms with E-state index in [4.69, 9.17) is 5.11 Å². The fourth-order valence-corrected chi connectivity index (χ4v) is 4.88. The molecule has 200 valence electrons. The second-order valence-corrected chi connectivity index (χ2v) is 9.79. The number of hydrogen-bond acceptors (Lipinski definition) is 4. The maximum atomic E-state index is 15.2. The van der Waals surface area contributed by atoms with Crippen LogP contribution in [-0.4, -0.2) is 27.9 Å². The van der Waals surface area contributed by atoms with Gasteiger partial charge in [0, 0.05) is 34.6 Å². The van der Waals surface area contributed by atoms with Crippen LogP contribution < -0.4 is 5.32 Å². The Morgan fingerprint density at radius 3 is 2.56 bits per heavy atom. The monoisotopic (exact) mass is 529 g/mol. The van der Waals surface area contributed by atoms with Gasteiger partial charge < -0.3 is 15.3 Å². The molecule has 1 aliphatic carbocycles. The van der Waals surface area contributed by atoms with E-state index in [9.17, 15) is 19.2 Å². The van der Waals surface area contributed by atoms with E-state index in [1.54, 1.807) is 31.3 Å². The van der Waals surface area contributed by atoms with Gasteiger partial charge in [-0.1, -0.05) is 44.2 Å². The summed E-state index contributed by atoms with van der Waals surface area (Å²) in [7, 11) is 0. The van der Waals surface area contributed by atoms with Crippen LogP contribution in [0, 0.1) is 35.8 Å². The summed E-state index contributed by atoms with van der Waals surface area (Å²) in [5, 5.41) is 22.1. The highest BCUT2D eigenvalue weighted by Gasteiger charge is 2.35. The second kappa shape index (κ2) is 11.5. The number of nitrogens with one attached hydrogen (secondary N) is 1. The predicted octanol–water partition coefficient (Wildman–Crippen LogP) is 6.22. The fraction of sp³-hybridized carbons (Fsp3) is 0.258. The maximum Gasteiger partial charge on any atom is 0.306 e. The Kier molecular flexibility index (Phi) is 8.10. The molecular formula is C31H29F2N3O3. The molecule has 0 aromatic heterocycles. The van der Waals surface area contributed by atoms with E-state index in [1.807, 2.05) is 6.92 Å². The molecule has 1 amide bonds. The van der Waals surface area contributed by atoms with Gasteiger partial charge >= 0.3 is 5.97 Å². The number of carboxylic acid groups (broad SMARTS) is 1. The average molecular weight is 530 g/mol. The van der Waals surface area contributed by atoms with Crippen molar-refractivity contribution in [3.8, 4) is 17.2 Å². The van der Waals surface area contributed by atoms with Gasteiger partial charge in [-0.2, -0.15) is 5.26 Å². The molecule has 2 aromatic carbocycles. The molecule has 0 unspecified atom stereocenters. The molecule has 0 atom stereocenters. The van der Waals surface area contributed by atoms with Gasteiger partial charge in [0.15, 0.2) is 0 Å². The van der Waals surface area contributed by atoms with Crippen molar-refractivity contribution in [2.24, 2.45) is 5.92 Å². The summed E-state index contributed by atoms with van der Waals surface area (Å²) < 4.78 is 30.2. The number of halogens is 2. The van der Waals surface area contributed by atoms with Crippen LogP contribution in [0.4, 0.5) is 8.78 Å². The van der Waals surface area contributed by atoms with Gasteiger partial charge in [-0.25, -0.2) is 8.78 Å². The predicted molar refractivity (Wildman–Crippen MR) is 144 cm³/mol. The number of rotatable bonds is 8. The number of aryl methyl sites for hydroxylation is 1. The number of carbonyl (C=O) groups excluding carboxylic acids is 1. The molecule has 2 aromatic rings. The van der Waals surface area contributed by atoms with Gasteiger partial charge in [-0.3, -0.25) is 9.59 Å². The van der Waals surface area contributed by atoms with Crippen LogP contribution in [-0.2, 0) is 9.59 Å². The minimum absolute atomic E-state index is 0.0774. The molecule has 0 bridgehead atoms. The molecule has 1 heterocycles. The Hall–Kier alpha value is -4.51. The third kappa shape index (κ3) is 5.68. The minimum atomic E-state index is -0.869. The highest BCUT2D eigenvalue weighted by Crippen LogP contribution is 2.38. The van der Waals surface area contributed by atoms with E-state index in [0.717, 1.165) is 0 Å². The maximum absolute atomic E-state index is 15.2. The summed E-state index contributed by atoms with van der Waals surface area (Å²) in [5.74, 6) is -2.84. The Labute approximate surface area is 226 Å². The van der Waals surface area contributed by atoms with Crippen LogP contribution in [0.3, 0.4) is 0 Å². The molecule has 8 heteroatoms. The molecule has 2 N–H and O–H groups in total. The lowest BCUT2D eigenvalue weighted by molar-refractivity contribution is -0.146. The second-order valence-electron chi connectivity index (χ2n) is 9.79. The van der Waals surface area contributed by atoms with Crippen molar-refractivity contribution in [2.45, 2.75) is 45.6 Å². The fourth-order valence-electron chi connectivity index (χ4n) is 4.88. The highest BCUT2D eigenvalue weighted by atomic mass is 19.1. The zero-order valence-corrected chi connectivity index (χ0v) is 21.8. The van der Waals surface area contributed by atoms with Gasteiger partial charge in [-0.05, 0) is 67.2 Å². The van der Waals surface area contributed by atoms with Gasteiger partial charge in [0.2, 0.25) is 0 Å². The molecule has 0 radical (unpaired) electrons. The SMILES string of the molecule is C=C1C=C(C(=O)NC2CC(C(=O)O)C2)C=CN1/C(C#N)=C(\CCC)c1cccc(F)c1-c1ccc(C)cc1F. The van der Waals surface area contributed by atoms with Crippen molar-refractivity contribution < 1.29 is 23.5 Å². The van der Waals surface area contributed by atoms with Gasteiger partial charge in [0.1, 0.15) is 23.4 Å². The number of nitrogens with zero attached hydrogens (tertiary/aromatic N) is 2. The number of amides is 1. The van der Waals surface area contributed by atoms with Gasteiger partial charge in [-0.15, -0.1) is 0 Å². The molecule has 1 aliphatic heterocycles. The number of benzene rings is 2. The van der Waals surface area contributed by atoms with E-state index < -0.39 is 23.5 Å². The van der Waals surface area contributed by atoms with Crippen molar-refractivity contribution in [3.63, 3.8) is 0 Å². The normalized spacial score (nSPS) is 19.0. The summed E-state index contributed by atoms with van der Waals surface area (Å²) in [6.07, 6.45) is 6.44. The molecule has 1 fully saturated rings. The zero-order chi connectivity index (χ0) is 28.3. The summed E-state index contributed by atoms with van der Waals surface area (Å²) in [6.45, 7) is 7.71. The van der Waals surface area contributed by atoms with Crippen LogP contribution in [0.15, 0.2) is 78.3 Å². The van der Waals surface area contributed by atoms with Crippen LogP contribution in [0.5, 0.6) is 0 Å². The van der Waals surface area contributed by atoms with Crippen LogP contribution in [0.2, 0.25) is 0 Å². The largest absolute Gasteiger partial charge is 0.481 e. The number of carbonyl (C=O) groups is 2. The Morgan fingerprint density at radius 2 is 1.95 bits per heavy atom. The van der Waals surface area contributed by atoms with Crippen molar-refractivity contribution in [1.82, 2.24) is 10.2 Å². The van der Waals surface area contributed by atoms with Crippen molar-refractivity contribution in [2.75, 3.05) is 0 Å². The first-order valence-electron chi connectivity index (χ1n) is 12.7. The topological polar surface area (TPSA) is 93.4 Å². The number of nitriles is 1. The summed E-state index contributed by atoms with van der Waals surface area (Å²) in [4.78, 5) is 25.3. The summed E-state index contributed by atoms with van der Waals surface area (Å²) in [6, 6.07) is 11.1. The summed E-state index contributed by atoms with van der Waals surface area (Å²) in [5.41, 5.74) is 2.68. The lowest BCUT2D eigenvalue weighted by Crippen LogP contribution is -2.47. The van der Waals surface area contributed by atoms with E-state index >= 15 is 4.39 Å². The molecule has 4 rings (SSSR count). The van der Waals surface area contributed by atoms with Gasteiger partial charge in [0.05, 0.1) is 5.92 Å². The molecular weight excluding hydrogens is 500 g/mol. The van der Waals surface area contributed by atoms with E-state index in [1.165, 1.54) is 35.2 Å². The molecule has 2 aliphatic rings. The standard InChI is InChI=1S/C31H29F2N3O3/c1-4-6-23(24-7-5-8-26(32)29(24)25-10-9-18(2)13-27(25)33)28(17-34)36-12-11-20(14-19(36)3)30(37)35-22-15-21(16-22)31(38)39/h5,7-14,21-22H,3-4,6,15-16H2,1-2H3,(H,35,37)(H,38,39)/b28-23+. The van der Waals surface area contributed by atoms with Crippen LogP contribution >= 0.6 is 0 Å². The third-order valence-corrected chi connectivity index (χ3v) is 6.98. The number of hydrogen-bond donors (Lipinski definition) is 2. The van der Waals surface area contributed by atoms with Crippen LogP contribution in [0.25, 0.3) is 16.7 Å². The van der Waals surface area contributed by atoms with E-state index in [0.29, 0.717) is 53.7 Å². The van der Waals surface area contributed by atoms with E-state index in [-0.39, 0.29) is 28.8 Å². The lowest BCUT2D eigenvalue weighted by atomic mass is 9.80. The first-order valence-corrected chi connectivity index (χ1v) is 12.7. The third-order valence-electron chi connectivity index (χ3n) is 6.98. The number of allylic oxidation sites excluding steroid dienone is 3. The molecule has 0 spiro atoms. The molecule has 39 heavy (non-hydrogen) atoms. The minimum Gasteiger partial charge on any atom is -0.481 e. The van der Waals surface area contributed by atoms with E-state index in [2.05, 4.69) is 18.0 Å². The lowest BCUT2D eigenvalue weighted by Gasteiger charge is -2.33. The van der Waals surface area contributed by atoms with Crippen molar-refractivity contribution >= 4 is 17.4 Å². The van der Waals surface area contributed by atoms with Crippen molar-refractivity contribution in [1.29, 1.82) is 5.26 Å². The Morgan fingerprint density at radius 1 is 1.21 bits per heavy atom. The number of carboxylic acids is 1. The molecule has 0 saturated heterocycles. The average Bonchev–Trinajstić information content (AvgIpc) is 2.86.